The van der Waals surface area contributed by atoms with Gasteiger partial charge in [0.05, 0.1) is 0 Å². The molecule has 2 N–H and O–H groups in total. The topological polar surface area (TPSA) is 57.5 Å². The van der Waals surface area contributed by atoms with Gasteiger partial charge in [0.1, 0.15) is 5.67 Å². The van der Waals surface area contributed by atoms with Gasteiger partial charge in [0.15, 0.2) is 0 Å². The Balaban J connectivity index is 0.00000318. The van der Waals surface area contributed by atoms with Gasteiger partial charge in [-0.15, -0.1) is 9.79 Å². The zero-order valence-corrected chi connectivity index (χ0v) is 26.6. The van der Waals surface area contributed by atoms with E-state index in [4.69, 9.17) is 14.4 Å². The molecule has 0 heterocycles. The Hall–Kier alpha value is -0.0500. The Morgan fingerprint density at radius 2 is 0.974 bits per heavy atom. The molecule has 0 aromatic heterocycles. The predicted molar refractivity (Wildman–Crippen MR) is 165 cm³/mol. The van der Waals surface area contributed by atoms with Crippen molar-refractivity contribution in [3.8, 4) is 0 Å². The summed E-state index contributed by atoms with van der Waals surface area (Å²) in [6.07, 6.45) is 37.5. The molecule has 0 bridgehead atoms. The maximum Gasteiger partial charge on any atom is 0.692 e. The lowest BCUT2D eigenvalue weighted by Gasteiger charge is -2.35. The van der Waals surface area contributed by atoms with Crippen LogP contribution >= 0.6 is 8.25 Å². The Bertz CT molecular complexity index is 501. The average molecular weight is 562 g/mol. The maximum absolute atomic E-state index is 16.6. The quantitative estimate of drug-likeness (QED) is 0.129. The molecule has 0 radical (unpaired) electrons. The van der Waals surface area contributed by atoms with Crippen LogP contribution < -0.4 is 0 Å². The highest BCUT2D eigenvalue weighted by atomic mass is 31.1. The van der Waals surface area contributed by atoms with Crippen LogP contribution in [0.4, 0.5) is 4.39 Å². The number of unbranched alkanes of at least 4 members (excludes halogenated alkanes) is 14. The Morgan fingerprint density at radius 3 is 1.45 bits per heavy atom. The van der Waals surface area contributed by atoms with Crippen molar-refractivity contribution < 1.29 is 18.7 Å². The fraction of sp³-hybridized carbons (Fsp3) is 1.00. The van der Waals surface area contributed by atoms with Crippen LogP contribution in [0, 0.1) is 5.92 Å². The van der Waals surface area contributed by atoms with Gasteiger partial charge in [-0.05, 0) is 31.6 Å². The van der Waals surface area contributed by atoms with Crippen LogP contribution in [0.3, 0.4) is 0 Å². The van der Waals surface area contributed by atoms with Gasteiger partial charge in [-0.1, -0.05) is 174 Å². The zero-order chi connectivity index (χ0) is 28.2. The third-order valence-corrected chi connectivity index (χ3v) is 8.73. The molecule has 1 saturated carbocycles. The van der Waals surface area contributed by atoms with Crippen molar-refractivity contribution in [1.29, 1.82) is 0 Å². The van der Waals surface area contributed by atoms with Crippen molar-refractivity contribution in [2.45, 2.75) is 206 Å². The van der Waals surface area contributed by atoms with E-state index in [-0.39, 0.29) is 0 Å². The standard InChI is InChI=1S/C33H65F.HO3P/c1-3-5-7-8-9-10-11-12-13-16-19-22-26-30-33(34)31-27-23-20-17-14-15-18-21-25-29-32(33)28-24-6-4-2;1-4(2)3/h32H,3-31H2,1-2H3;(H-,1,2,3)/p+1. The highest BCUT2D eigenvalue weighted by Gasteiger charge is 2.37. The van der Waals surface area contributed by atoms with Crippen molar-refractivity contribution in [3.05, 3.63) is 0 Å². The second kappa shape index (κ2) is 28.5. The molecule has 2 atom stereocenters. The molecule has 5 heteroatoms. The summed E-state index contributed by atoms with van der Waals surface area (Å²) in [5.41, 5.74) is -0.875. The second-order valence-electron chi connectivity index (χ2n) is 12.2. The molecule has 228 valence electrons. The monoisotopic (exact) mass is 561 g/mol. The summed E-state index contributed by atoms with van der Waals surface area (Å²) in [4.78, 5) is 14.2. The van der Waals surface area contributed by atoms with Crippen molar-refractivity contribution in [2.75, 3.05) is 0 Å². The Morgan fingerprint density at radius 1 is 0.605 bits per heavy atom. The summed E-state index contributed by atoms with van der Waals surface area (Å²) in [5, 5.41) is 0. The van der Waals surface area contributed by atoms with Crippen LogP contribution in [0.2, 0.25) is 0 Å². The molecule has 0 aromatic rings. The van der Waals surface area contributed by atoms with Gasteiger partial charge in [0.2, 0.25) is 0 Å². The van der Waals surface area contributed by atoms with E-state index < -0.39 is 13.9 Å². The molecule has 38 heavy (non-hydrogen) atoms. The number of hydrogen-bond donors (Lipinski definition) is 2. The largest absolute Gasteiger partial charge is 0.692 e. The molecule has 0 aromatic carbocycles. The van der Waals surface area contributed by atoms with Crippen LogP contribution in [-0.2, 0) is 4.57 Å². The molecule has 2 unspecified atom stereocenters. The van der Waals surface area contributed by atoms with Gasteiger partial charge < -0.3 is 0 Å². The first-order valence-corrected chi connectivity index (χ1v) is 18.2. The minimum atomic E-state index is -2.87. The third kappa shape index (κ3) is 25.0. The molecule has 1 fully saturated rings. The predicted octanol–water partition coefficient (Wildman–Crippen LogP) is 12.3. The smallest absolute Gasteiger partial charge is 0.244 e. The molecular weight excluding hydrogens is 494 g/mol. The van der Waals surface area contributed by atoms with Crippen molar-refractivity contribution in [2.24, 2.45) is 5.92 Å². The van der Waals surface area contributed by atoms with Gasteiger partial charge in [0, 0.05) is 4.57 Å². The van der Waals surface area contributed by atoms with Crippen LogP contribution in [0.25, 0.3) is 0 Å². The average Bonchev–Trinajstić information content (AvgIpc) is 2.90. The maximum atomic E-state index is 16.6. The lowest BCUT2D eigenvalue weighted by atomic mass is 9.75. The van der Waals surface area contributed by atoms with E-state index in [0.717, 1.165) is 38.5 Å². The summed E-state index contributed by atoms with van der Waals surface area (Å²) in [5.74, 6) is 0.331. The molecule has 0 amide bonds. The van der Waals surface area contributed by atoms with Crippen molar-refractivity contribution >= 4 is 8.25 Å². The fourth-order valence-corrected chi connectivity index (χ4v) is 6.32. The van der Waals surface area contributed by atoms with Crippen molar-refractivity contribution in [3.63, 3.8) is 0 Å². The fourth-order valence-electron chi connectivity index (χ4n) is 6.32. The lowest BCUT2D eigenvalue weighted by molar-refractivity contribution is 0.0410. The first-order chi connectivity index (χ1) is 18.5. The second-order valence-corrected chi connectivity index (χ2v) is 12.7. The van der Waals surface area contributed by atoms with E-state index in [1.54, 1.807) is 0 Å². The molecule has 0 spiro atoms. The molecule has 1 aliphatic carbocycles. The highest BCUT2D eigenvalue weighted by Crippen LogP contribution is 2.40. The summed E-state index contributed by atoms with van der Waals surface area (Å²) >= 11 is 0. The molecule has 0 saturated heterocycles. The van der Waals surface area contributed by atoms with Crippen LogP contribution in [0.1, 0.15) is 200 Å². The van der Waals surface area contributed by atoms with Crippen LogP contribution in [0.15, 0.2) is 0 Å². The molecule has 1 rings (SSSR count). The normalized spacial score (nSPS) is 21.4. The number of alkyl halides is 1. The Kier molecular flexibility index (Phi) is 28.4. The Labute approximate surface area is 238 Å². The van der Waals surface area contributed by atoms with E-state index in [1.807, 2.05) is 0 Å². The molecule has 1 aliphatic rings. The molecule has 0 aliphatic heterocycles. The minimum absolute atomic E-state index is 0.331. The number of hydrogen-bond acceptors (Lipinski definition) is 1. The summed E-state index contributed by atoms with van der Waals surface area (Å²) in [6.45, 7) is 4.57. The highest BCUT2D eigenvalue weighted by molar-refractivity contribution is 7.30. The first-order valence-electron chi connectivity index (χ1n) is 17.0. The van der Waals surface area contributed by atoms with E-state index in [2.05, 4.69) is 13.8 Å². The summed E-state index contributed by atoms with van der Waals surface area (Å²) in [6, 6.07) is 0. The van der Waals surface area contributed by atoms with Gasteiger partial charge in [0.25, 0.3) is 0 Å². The van der Waals surface area contributed by atoms with Crippen LogP contribution in [-0.4, -0.2) is 15.5 Å². The summed E-state index contributed by atoms with van der Waals surface area (Å²) < 4.78 is 25.3. The minimum Gasteiger partial charge on any atom is -0.244 e. The van der Waals surface area contributed by atoms with Crippen LogP contribution in [0.5, 0.6) is 0 Å². The summed E-state index contributed by atoms with van der Waals surface area (Å²) in [7, 11) is -2.87. The van der Waals surface area contributed by atoms with E-state index in [1.165, 1.54) is 148 Å². The van der Waals surface area contributed by atoms with E-state index in [0.29, 0.717) is 5.92 Å². The third-order valence-electron chi connectivity index (χ3n) is 8.73. The number of rotatable bonds is 18. The lowest BCUT2D eigenvalue weighted by Crippen LogP contribution is -2.33. The molecule has 3 nitrogen and oxygen atoms in total. The van der Waals surface area contributed by atoms with Gasteiger partial charge in [-0.2, -0.15) is 0 Å². The van der Waals surface area contributed by atoms with Crippen molar-refractivity contribution in [1.82, 2.24) is 0 Å². The zero-order valence-electron chi connectivity index (χ0n) is 25.7. The number of halogens is 1. The first kappa shape index (κ1) is 38.0. The van der Waals surface area contributed by atoms with Gasteiger partial charge in [-0.25, -0.2) is 4.39 Å². The van der Waals surface area contributed by atoms with Gasteiger partial charge >= 0.3 is 8.25 Å². The molecular formula is C33H67FO3P+. The van der Waals surface area contributed by atoms with E-state index in [9.17, 15) is 0 Å². The SMILES string of the molecule is CCCCCCCCCCCCCCCC1(F)CCCCCCCCCCCC1CCCCC.O=[P+](O)O. The van der Waals surface area contributed by atoms with Gasteiger partial charge in [-0.3, -0.25) is 0 Å². The van der Waals surface area contributed by atoms with E-state index >= 15 is 4.39 Å².